The molecule has 2 unspecified atom stereocenters. The van der Waals surface area contributed by atoms with Gasteiger partial charge in [0, 0.05) is 25.7 Å². The second kappa shape index (κ2) is 65.7. The summed E-state index contributed by atoms with van der Waals surface area (Å²) >= 11 is 0. The zero-order valence-electron chi connectivity index (χ0n) is 61.4. The highest BCUT2D eigenvalue weighted by Crippen LogP contribution is 2.45. The van der Waals surface area contributed by atoms with Crippen molar-refractivity contribution in [3.63, 3.8) is 0 Å². The topological polar surface area (TPSA) is 237 Å². The molecular formula is C75H146O17P2. The van der Waals surface area contributed by atoms with Crippen molar-refractivity contribution in [1.29, 1.82) is 0 Å². The SMILES string of the molecule is CCCCCCCCCCCC(=O)OC[C@H](COP(=O)(O)OC[C@H](O)COP(=O)(O)OC[C@@H](COC(=O)CCCCCCCCCCCCCCCC(C)C)OC(=O)CCCCCCCCCCCCCCCCC(C)C)OC(=O)CCCCCCCCCCCC(C)C. The lowest BCUT2D eigenvalue weighted by Crippen LogP contribution is -2.30. The number of hydrogen-bond donors (Lipinski definition) is 3. The number of carbonyl (C=O) groups is 4. The van der Waals surface area contributed by atoms with E-state index in [1.54, 1.807) is 0 Å². The summed E-state index contributed by atoms with van der Waals surface area (Å²) in [5.41, 5.74) is 0. The Bertz CT molecular complexity index is 1840. The second-order valence-electron chi connectivity index (χ2n) is 28.5. The molecule has 0 radical (unpaired) electrons. The lowest BCUT2D eigenvalue weighted by molar-refractivity contribution is -0.161. The van der Waals surface area contributed by atoms with Crippen molar-refractivity contribution in [2.75, 3.05) is 39.6 Å². The van der Waals surface area contributed by atoms with E-state index in [0.717, 1.165) is 108 Å². The van der Waals surface area contributed by atoms with Crippen LogP contribution in [0.15, 0.2) is 0 Å². The Morgan fingerprint density at radius 2 is 0.489 bits per heavy atom. The Morgan fingerprint density at radius 3 is 0.723 bits per heavy atom. The van der Waals surface area contributed by atoms with Crippen LogP contribution in [0.5, 0.6) is 0 Å². The number of ether oxygens (including phenoxy) is 4. The summed E-state index contributed by atoms with van der Waals surface area (Å²) in [6.07, 6.45) is 51.3. The summed E-state index contributed by atoms with van der Waals surface area (Å²) in [5.74, 6) is 0.203. The highest BCUT2D eigenvalue weighted by atomic mass is 31.2. The Balaban J connectivity index is 5.23. The zero-order chi connectivity index (χ0) is 69.4. The number of phosphoric acid groups is 2. The highest BCUT2D eigenvalue weighted by Gasteiger charge is 2.30. The third kappa shape index (κ3) is 68.6. The molecule has 0 aliphatic heterocycles. The van der Waals surface area contributed by atoms with E-state index in [1.165, 1.54) is 193 Å². The van der Waals surface area contributed by atoms with Gasteiger partial charge in [0.2, 0.25) is 0 Å². The lowest BCUT2D eigenvalue weighted by Gasteiger charge is -2.21. The number of carbonyl (C=O) groups excluding carboxylic acids is 4. The minimum absolute atomic E-state index is 0.105. The van der Waals surface area contributed by atoms with Gasteiger partial charge in [-0.2, -0.15) is 0 Å². The van der Waals surface area contributed by atoms with Gasteiger partial charge in [0.05, 0.1) is 26.4 Å². The van der Waals surface area contributed by atoms with Gasteiger partial charge in [-0.1, -0.05) is 331 Å². The van der Waals surface area contributed by atoms with Crippen molar-refractivity contribution in [2.24, 2.45) is 17.8 Å². The average Bonchev–Trinajstić information content (AvgIpc) is 1.33. The van der Waals surface area contributed by atoms with Gasteiger partial charge >= 0.3 is 39.5 Å². The largest absolute Gasteiger partial charge is 0.472 e. The zero-order valence-corrected chi connectivity index (χ0v) is 63.2. The van der Waals surface area contributed by atoms with E-state index in [-0.39, 0.29) is 25.7 Å². The lowest BCUT2D eigenvalue weighted by atomic mass is 10.0. The van der Waals surface area contributed by atoms with Gasteiger partial charge in [-0.25, -0.2) is 9.13 Å². The van der Waals surface area contributed by atoms with Crippen molar-refractivity contribution < 1.29 is 80.2 Å². The highest BCUT2D eigenvalue weighted by molar-refractivity contribution is 7.47. The quantitative estimate of drug-likeness (QED) is 0.0222. The number of phosphoric ester groups is 2. The van der Waals surface area contributed by atoms with Crippen LogP contribution >= 0.6 is 15.6 Å². The van der Waals surface area contributed by atoms with E-state index >= 15 is 0 Å². The molecule has 0 saturated heterocycles. The molecule has 19 heteroatoms. The van der Waals surface area contributed by atoms with Crippen LogP contribution < -0.4 is 0 Å². The molecule has 558 valence electrons. The van der Waals surface area contributed by atoms with Gasteiger partial charge in [-0.05, 0) is 43.4 Å². The van der Waals surface area contributed by atoms with E-state index in [1.807, 2.05) is 0 Å². The predicted octanol–water partition coefficient (Wildman–Crippen LogP) is 21.8. The average molecular weight is 1380 g/mol. The van der Waals surface area contributed by atoms with Crippen LogP contribution in [0.4, 0.5) is 0 Å². The minimum Gasteiger partial charge on any atom is -0.462 e. The molecule has 0 aromatic rings. The van der Waals surface area contributed by atoms with E-state index in [0.29, 0.717) is 25.7 Å². The number of aliphatic hydroxyl groups excluding tert-OH is 1. The standard InChI is InChI=1S/C75H146O17P2/c1-8-9-10-11-12-25-35-42-49-56-72(77)85-62-70(92-75(80)59-52-45-38-31-24-28-34-41-48-55-68(6)7)64-89-93(81,82)87-60-69(76)61-88-94(83,84)90-65-71(63-86-73(78)57-50-43-36-29-22-19-15-17-21-27-33-40-47-54-67(4)5)91-74(79)58-51-44-37-30-23-18-14-13-16-20-26-32-39-46-53-66(2)3/h66-71,76H,8-65H2,1-7H3,(H,81,82)(H,83,84)/t69-,70+,71+/m0/s1. The molecule has 0 heterocycles. The van der Waals surface area contributed by atoms with Crippen molar-refractivity contribution >= 4 is 39.5 Å². The minimum atomic E-state index is -4.96. The molecule has 0 spiro atoms. The molecule has 0 fully saturated rings. The monoisotopic (exact) mass is 1380 g/mol. The van der Waals surface area contributed by atoms with Gasteiger partial charge in [-0.15, -0.1) is 0 Å². The van der Waals surface area contributed by atoms with E-state index in [4.69, 9.17) is 37.0 Å². The van der Waals surface area contributed by atoms with Crippen LogP contribution in [0.3, 0.4) is 0 Å². The number of esters is 4. The molecule has 3 N–H and O–H groups in total. The van der Waals surface area contributed by atoms with E-state index in [2.05, 4.69) is 48.5 Å². The van der Waals surface area contributed by atoms with Crippen LogP contribution in [0.2, 0.25) is 0 Å². The number of rotatable bonds is 73. The number of aliphatic hydroxyl groups is 1. The predicted molar refractivity (Wildman–Crippen MR) is 381 cm³/mol. The fraction of sp³-hybridized carbons (Fsp3) is 0.947. The molecule has 0 bridgehead atoms. The van der Waals surface area contributed by atoms with Crippen LogP contribution in [-0.2, 0) is 65.4 Å². The van der Waals surface area contributed by atoms with Gasteiger partial charge in [0.1, 0.15) is 19.3 Å². The number of unbranched alkanes of at least 4 members (excludes halogenated alkanes) is 41. The molecule has 0 rings (SSSR count). The van der Waals surface area contributed by atoms with Gasteiger partial charge < -0.3 is 33.8 Å². The first-order valence-electron chi connectivity index (χ1n) is 38.8. The maximum Gasteiger partial charge on any atom is 0.472 e. The fourth-order valence-corrected chi connectivity index (χ4v) is 13.0. The Kier molecular flexibility index (Phi) is 64.3. The molecule has 17 nitrogen and oxygen atoms in total. The fourth-order valence-electron chi connectivity index (χ4n) is 11.4. The van der Waals surface area contributed by atoms with Crippen LogP contribution in [-0.4, -0.2) is 96.7 Å². The Labute approximate surface area is 575 Å². The third-order valence-corrected chi connectivity index (χ3v) is 19.3. The van der Waals surface area contributed by atoms with Crippen molar-refractivity contribution in [2.45, 2.75) is 401 Å². The number of hydrogen-bond acceptors (Lipinski definition) is 15. The van der Waals surface area contributed by atoms with Crippen molar-refractivity contribution in [3.05, 3.63) is 0 Å². The molecule has 0 saturated carbocycles. The molecule has 0 aliphatic carbocycles. The first-order chi connectivity index (χ1) is 45.2. The second-order valence-corrected chi connectivity index (χ2v) is 31.4. The summed E-state index contributed by atoms with van der Waals surface area (Å²) in [6.45, 7) is 11.9. The normalized spacial score (nSPS) is 14.1. The molecule has 0 aliphatic rings. The van der Waals surface area contributed by atoms with Gasteiger partial charge in [-0.3, -0.25) is 37.3 Å². The van der Waals surface area contributed by atoms with Crippen molar-refractivity contribution in [3.8, 4) is 0 Å². The molecule has 0 amide bonds. The summed E-state index contributed by atoms with van der Waals surface area (Å²) in [7, 11) is -9.91. The first-order valence-corrected chi connectivity index (χ1v) is 41.8. The first kappa shape index (κ1) is 92.1. The molecular weight excluding hydrogens is 1230 g/mol. The summed E-state index contributed by atoms with van der Waals surface area (Å²) in [4.78, 5) is 72.7. The van der Waals surface area contributed by atoms with Crippen LogP contribution in [0, 0.1) is 17.8 Å². The Morgan fingerprint density at radius 1 is 0.287 bits per heavy atom. The third-order valence-electron chi connectivity index (χ3n) is 17.4. The van der Waals surface area contributed by atoms with Gasteiger partial charge in [0.25, 0.3) is 0 Å². The maximum absolute atomic E-state index is 13.1. The maximum atomic E-state index is 13.1. The molecule has 0 aromatic heterocycles. The Hall–Kier alpha value is -1.94. The molecule has 94 heavy (non-hydrogen) atoms. The van der Waals surface area contributed by atoms with Crippen LogP contribution in [0.1, 0.15) is 382 Å². The summed E-state index contributed by atoms with van der Waals surface area (Å²) < 4.78 is 68.5. The molecule has 0 aromatic carbocycles. The summed E-state index contributed by atoms with van der Waals surface area (Å²) in [5, 5.41) is 10.6. The van der Waals surface area contributed by atoms with Gasteiger partial charge in [0.15, 0.2) is 12.2 Å². The van der Waals surface area contributed by atoms with E-state index in [9.17, 15) is 43.2 Å². The van der Waals surface area contributed by atoms with Crippen LogP contribution in [0.25, 0.3) is 0 Å². The smallest absolute Gasteiger partial charge is 0.462 e. The summed E-state index contributed by atoms with van der Waals surface area (Å²) in [6, 6.07) is 0. The van der Waals surface area contributed by atoms with E-state index < -0.39 is 97.5 Å². The van der Waals surface area contributed by atoms with Crippen molar-refractivity contribution in [1.82, 2.24) is 0 Å². The molecule has 5 atom stereocenters.